The van der Waals surface area contributed by atoms with E-state index in [0.717, 1.165) is 15.8 Å². The van der Waals surface area contributed by atoms with Crippen molar-refractivity contribution in [2.75, 3.05) is 6.61 Å². The minimum atomic E-state index is -0.826. The number of hydrogen-bond donors (Lipinski definition) is 3. The number of fused-ring (bicyclic) bond motifs is 3. The van der Waals surface area contributed by atoms with Gasteiger partial charge in [-0.2, -0.15) is 0 Å². The van der Waals surface area contributed by atoms with Crippen molar-refractivity contribution < 1.29 is 14.6 Å². The fourth-order valence-corrected chi connectivity index (χ4v) is 3.19. The van der Waals surface area contributed by atoms with Crippen LogP contribution in [0.25, 0.3) is 0 Å². The van der Waals surface area contributed by atoms with Gasteiger partial charge in [0.2, 0.25) is 0 Å². The number of hydrogen-bond acceptors (Lipinski definition) is 4. The van der Waals surface area contributed by atoms with E-state index in [2.05, 4.69) is 26.8 Å². The number of para-hydroxylation sites is 1. The number of carboxylic acids is 1. The zero-order valence-corrected chi connectivity index (χ0v) is 11.1. The van der Waals surface area contributed by atoms with Gasteiger partial charge in [0.1, 0.15) is 11.8 Å². The fourth-order valence-electron chi connectivity index (χ4n) is 2.69. The molecule has 6 heteroatoms. The molecule has 1 aromatic carbocycles. The summed E-state index contributed by atoms with van der Waals surface area (Å²) in [5.41, 5.74) is 6.95. The Kier molecular flexibility index (Phi) is 3.01. The molecule has 0 bridgehead atoms. The molecule has 3 N–H and O–H groups in total. The van der Waals surface area contributed by atoms with Gasteiger partial charge in [-0.15, -0.1) is 0 Å². The maximum atomic E-state index is 11.2. The topological polar surface area (TPSA) is 70.6 Å². The van der Waals surface area contributed by atoms with Gasteiger partial charge in [-0.1, -0.05) is 12.1 Å². The summed E-state index contributed by atoms with van der Waals surface area (Å²) in [5, 5.41) is 9.19. The van der Waals surface area contributed by atoms with Crippen LogP contribution >= 0.6 is 15.9 Å². The third-order valence-electron chi connectivity index (χ3n) is 3.55. The Balaban J connectivity index is 2.02. The minimum absolute atomic E-state index is 0.00181. The standard InChI is InChI=1S/C12H13BrN2O3/c13-8-3-1-2-7-9-6(4-5-18-11(7)8)10(12(16)17)15-14-9/h1-3,6,9-10,14-15H,4-5H2,(H,16,17). The average Bonchev–Trinajstić information content (AvgIpc) is 2.67. The first-order valence-corrected chi connectivity index (χ1v) is 6.63. The smallest absolute Gasteiger partial charge is 0.322 e. The van der Waals surface area contributed by atoms with E-state index in [0.29, 0.717) is 13.0 Å². The molecule has 0 radical (unpaired) electrons. The van der Waals surface area contributed by atoms with Crippen LogP contribution in [0.5, 0.6) is 5.75 Å². The number of carbonyl (C=O) groups is 1. The molecule has 96 valence electrons. The van der Waals surface area contributed by atoms with Crippen molar-refractivity contribution in [3.63, 3.8) is 0 Å². The van der Waals surface area contributed by atoms with Crippen LogP contribution in [0.3, 0.4) is 0 Å². The molecule has 0 aromatic heterocycles. The van der Waals surface area contributed by atoms with Gasteiger partial charge in [0.05, 0.1) is 17.1 Å². The Labute approximate surface area is 113 Å². The summed E-state index contributed by atoms with van der Waals surface area (Å²) in [6.45, 7) is 0.532. The van der Waals surface area contributed by atoms with Crippen LogP contribution in [0.15, 0.2) is 22.7 Å². The number of aliphatic carboxylic acids is 1. The molecule has 0 amide bonds. The number of nitrogens with one attached hydrogen (secondary N) is 2. The van der Waals surface area contributed by atoms with E-state index in [1.807, 2.05) is 18.2 Å². The molecule has 3 atom stereocenters. The Bertz CT molecular complexity index is 494. The number of rotatable bonds is 1. The summed E-state index contributed by atoms with van der Waals surface area (Å²) in [5.74, 6) is -0.0168. The first-order valence-electron chi connectivity index (χ1n) is 5.83. The average molecular weight is 313 g/mol. The van der Waals surface area contributed by atoms with Crippen LogP contribution in [0.4, 0.5) is 0 Å². The number of benzene rings is 1. The van der Waals surface area contributed by atoms with Crippen molar-refractivity contribution in [3.05, 3.63) is 28.2 Å². The molecule has 3 unspecified atom stereocenters. The van der Waals surface area contributed by atoms with Crippen molar-refractivity contribution in [2.45, 2.75) is 18.5 Å². The molecule has 1 fully saturated rings. The van der Waals surface area contributed by atoms with E-state index in [-0.39, 0.29) is 12.0 Å². The zero-order valence-electron chi connectivity index (χ0n) is 9.52. The van der Waals surface area contributed by atoms with Crippen molar-refractivity contribution >= 4 is 21.9 Å². The predicted molar refractivity (Wildman–Crippen MR) is 68.2 cm³/mol. The molecule has 2 aliphatic rings. The maximum absolute atomic E-state index is 11.2. The highest BCUT2D eigenvalue weighted by Gasteiger charge is 2.43. The molecule has 1 saturated heterocycles. The highest BCUT2D eigenvalue weighted by Crippen LogP contribution is 2.42. The summed E-state index contributed by atoms with van der Waals surface area (Å²) >= 11 is 3.47. The van der Waals surface area contributed by atoms with Crippen LogP contribution in [-0.2, 0) is 4.79 Å². The van der Waals surface area contributed by atoms with E-state index in [4.69, 9.17) is 4.74 Å². The summed E-state index contributed by atoms with van der Waals surface area (Å²) in [4.78, 5) is 11.2. The third-order valence-corrected chi connectivity index (χ3v) is 4.17. The van der Waals surface area contributed by atoms with Gasteiger partial charge in [0, 0.05) is 11.5 Å². The lowest BCUT2D eigenvalue weighted by molar-refractivity contribution is -0.140. The predicted octanol–water partition coefficient (Wildman–Crippen LogP) is 1.45. The summed E-state index contributed by atoms with van der Waals surface area (Å²) in [7, 11) is 0. The Hall–Kier alpha value is -1.11. The van der Waals surface area contributed by atoms with Gasteiger partial charge < -0.3 is 9.84 Å². The van der Waals surface area contributed by atoms with E-state index in [9.17, 15) is 9.90 Å². The van der Waals surface area contributed by atoms with E-state index in [1.165, 1.54) is 0 Å². The van der Waals surface area contributed by atoms with E-state index in [1.54, 1.807) is 0 Å². The Morgan fingerprint density at radius 1 is 1.44 bits per heavy atom. The fraction of sp³-hybridized carbons (Fsp3) is 0.417. The monoisotopic (exact) mass is 312 g/mol. The SMILES string of the molecule is O=C(O)C1NNC2c3cccc(Br)c3OCCC12. The summed E-state index contributed by atoms with van der Waals surface area (Å²) < 4.78 is 6.64. The molecular weight excluding hydrogens is 300 g/mol. The first-order chi connectivity index (χ1) is 8.68. The number of halogens is 1. The zero-order chi connectivity index (χ0) is 12.7. The molecule has 2 aliphatic heterocycles. The van der Waals surface area contributed by atoms with Gasteiger partial charge in [-0.25, -0.2) is 10.9 Å². The molecule has 1 aromatic rings. The quantitative estimate of drug-likeness (QED) is 0.732. The molecule has 0 saturated carbocycles. The summed E-state index contributed by atoms with van der Waals surface area (Å²) in [6, 6.07) is 5.24. The van der Waals surface area contributed by atoms with Crippen LogP contribution in [0, 0.1) is 5.92 Å². The Morgan fingerprint density at radius 3 is 3.06 bits per heavy atom. The first kappa shape index (κ1) is 12.0. The third kappa shape index (κ3) is 1.81. The van der Waals surface area contributed by atoms with Crippen LogP contribution in [0.2, 0.25) is 0 Å². The highest BCUT2D eigenvalue weighted by molar-refractivity contribution is 9.10. The van der Waals surface area contributed by atoms with E-state index >= 15 is 0 Å². The van der Waals surface area contributed by atoms with Gasteiger partial charge in [-0.3, -0.25) is 4.79 Å². The molecule has 5 nitrogen and oxygen atoms in total. The van der Waals surface area contributed by atoms with Crippen molar-refractivity contribution in [2.24, 2.45) is 5.92 Å². The summed E-state index contributed by atoms with van der Waals surface area (Å²) in [6.07, 6.45) is 0.711. The minimum Gasteiger partial charge on any atom is -0.492 e. The molecule has 18 heavy (non-hydrogen) atoms. The van der Waals surface area contributed by atoms with Crippen molar-refractivity contribution in [1.29, 1.82) is 0 Å². The number of ether oxygens (including phenoxy) is 1. The second-order valence-corrected chi connectivity index (χ2v) is 5.40. The van der Waals surface area contributed by atoms with Gasteiger partial charge >= 0.3 is 5.97 Å². The van der Waals surface area contributed by atoms with Crippen LogP contribution in [0.1, 0.15) is 18.0 Å². The van der Waals surface area contributed by atoms with Gasteiger partial charge in [0.25, 0.3) is 0 Å². The van der Waals surface area contributed by atoms with Gasteiger partial charge in [0.15, 0.2) is 0 Å². The Morgan fingerprint density at radius 2 is 2.28 bits per heavy atom. The van der Waals surface area contributed by atoms with Crippen LogP contribution in [-0.4, -0.2) is 23.7 Å². The number of carboxylic acid groups (broad SMARTS) is 1. The molecule has 0 spiro atoms. The molecular formula is C12H13BrN2O3. The lowest BCUT2D eigenvalue weighted by Gasteiger charge is -2.18. The highest BCUT2D eigenvalue weighted by atomic mass is 79.9. The van der Waals surface area contributed by atoms with Crippen molar-refractivity contribution in [3.8, 4) is 5.75 Å². The normalized spacial score (nSPS) is 29.9. The lowest BCUT2D eigenvalue weighted by atomic mass is 9.87. The lowest BCUT2D eigenvalue weighted by Crippen LogP contribution is -2.38. The van der Waals surface area contributed by atoms with Gasteiger partial charge in [-0.05, 0) is 28.4 Å². The largest absolute Gasteiger partial charge is 0.492 e. The number of hydrazine groups is 1. The van der Waals surface area contributed by atoms with Crippen molar-refractivity contribution in [1.82, 2.24) is 10.9 Å². The van der Waals surface area contributed by atoms with Crippen LogP contribution < -0.4 is 15.6 Å². The molecule has 2 heterocycles. The molecule has 3 rings (SSSR count). The molecule has 0 aliphatic carbocycles. The second-order valence-electron chi connectivity index (χ2n) is 4.54. The van der Waals surface area contributed by atoms with E-state index < -0.39 is 12.0 Å². The maximum Gasteiger partial charge on any atom is 0.322 e. The second kappa shape index (κ2) is 4.53.